The Hall–Kier alpha value is -1.91. The van der Waals surface area contributed by atoms with E-state index in [9.17, 15) is 4.79 Å². The topological polar surface area (TPSA) is 81.8 Å². The lowest BCUT2D eigenvalue weighted by Gasteiger charge is -2.07. The van der Waals surface area contributed by atoms with E-state index in [1.54, 1.807) is 18.2 Å². The summed E-state index contributed by atoms with van der Waals surface area (Å²) in [5.41, 5.74) is 5.94. The van der Waals surface area contributed by atoms with Crippen molar-refractivity contribution >= 4 is 11.7 Å². The summed E-state index contributed by atoms with van der Waals surface area (Å²) in [4.78, 5) is 10.2. The molecule has 0 radical (unpaired) electrons. The van der Waals surface area contributed by atoms with Gasteiger partial charge >= 0.3 is 5.97 Å². The van der Waals surface area contributed by atoms with Gasteiger partial charge in [0, 0.05) is 6.07 Å². The molecule has 5 nitrogen and oxygen atoms in total. The zero-order valence-corrected chi connectivity index (χ0v) is 7.69. The molecule has 0 amide bonds. The molecule has 0 saturated carbocycles. The standard InChI is InChI=1S/C9H11NO4/c1-13-6-2-3-8(7(10)4-6)14-5-9(11)12/h2-4H,5,10H2,1H3,(H,11,12). The number of methoxy groups -OCH3 is 1. The van der Waals surface area contributed by atoms with E-state index in [-0.39, 0.29) is 0 Å². The molecule has 0 spiro atoms. The summed E-state index contributed by atoms with van der Waals surface area (Å²) in [7, 11) is 1.52. The van der Waals surface area contributed by atoms with Gasteiger partial charge in [-0.2, -0.15) is 0 Å². The Labute approximate surface area is 81.0 Å². The molecule has 5 heteroatoms. The third-order valence-electron chi connectivity index (χ3n) is 1.57. The summed E-state index contributed by atoms with van der Waals surface area (Å²) >= 11 is 0. The number of carbonyl (C=O) groups is 1. The molecule has 0 bridgehead atoms. The Morgan fingerprint density at radius 3 is 2.79 bits per heavy atom. The Morgan fingerprint density at radius 1 is 1.57 bits per heavy atom. The second kappa shape index (κ2) is 4.36. The number of benzene rings is 1. The molecular formula is C9H11NO4. The smallest absolute Gasteiger partial charge is 0.341 e. The number of carboxylic acids is 1. The van der Waals surface area contributed by atoms with E-state index in [4.69, 9.17) is 20.3 Å². The van der Waals surface area contributed by atoms with Crippen LogP contribution in [0.1, 0.15) is 0 Å². The van der Waals surface area contributed by atoms with Crippen LogP contribution in [0, 0.1) is 0 Å². The van der Waals surface area contributed by atoms with Gasteiger partial charge in [0.15, 0.2) is 6.61 Å². The van der Waals surface area contributed by atoms with Gasteiger partial charge in [-0.3, -0.25) is 0 Å². The summed E-state index contributed by atoms with van der Waals surface area (Å²) < 4.78 is 9.84. The van der Waals surface area contributed by atoms with Crippen molar-refractivity contribution < 1.29 is 19.4 Å². The van der Waals surface area contributed by atoms with E-state index in [1.807, 2.05) is 0 Å². The quantitative estimate of drug-likeness (QED) is 0.696. The van der Waals surface area contributed by atoms with Crippen LogP contribution in [0.3, 0.4) is 0 Å². The van der Waals surface area contributed by atoms with Crippen LogP contribution in [0.4, 0.5) is 5.69 Å². The van der Waals surface area contributed by atoms with Crippen molar-refractivity contribution in [2.24, 2.45) is 0 Å². The lowest BCUT2D eigenvalue weighted by molar-refractivity contribution is -0.139. The van der Waals surface area contributed by atoms with Crippen LogP contribution in [0.5, 0.6) is 11.5 Å². The second-order valence-electron chi connectivity index (χ2n) is 2.59. The number of carboxylic acid groups (broad SMARTS) is 1. The molecule has 0 unspecified atom stereocenters. The molecule has 0 aromatic heterocycles. The maximum Gasteiger partial charge on any atom is 0.341 e. The average Bonchev–Trinajstić information content (AvgIpc) is 2.15. The van der Waals surface area contributed by atoms with Crippen molar-refractivity contribution in [2.45, 2.75) is 0 Å². The minimum atomic E-state index is -1.04. The monoisotopic (exact) mass is 197 g/mol. The van der Waals surface area contributed by atoms with E-state index >= 15 is 0 Å². The lowest BCUT2D eigenvalue weighted by Crippen LogP contribution is -2.10. The third kappa shape index (κ3) is 2.55. The highest BCUT2D eigenvalue weighted by Crippen LogP contribution is 2.25. The number of anilines is 1. The number of rotatable bonds is 4. The van der Waals surface area contributed by atoms with Crippen LogP contribution in [0.15, 0.2) is 18.2 Å². The lowest BCUT2D eigenvalue weighted by atomic mass is 10.3. The number of aliphatic carboxylic acids is 1. The zero-order chi connectivity index (χ0) is 10.6. The van der Waals surface area contributed by atoms with Gasteiger partial charge in [0.25, 0.3) is 0 Å². The first-order valence-corrected chi connectivity index (χ1v) is 3.91. The van der Waals surface area contributed by atoms with Crippen molar-refractivity contribution in [3.8, 4) is 11.5 Å². The van der Waals surface area contributed by atoms with Crippen LogP contribution in [0.2, 0.25) is 0 Å². The summed E-state index contributed by atoms with van der Waals surface area (Å²) in [5.74, 6) is -0.0985. The summed E-state index contributed by atoms with van der Waals surface area (Å²) in [6.45, 7) is -0.406. The molecule has 14 heavy (non-hydrogen) atoms. The Kier molecular flexibility index (Phi) is 3.17. The van der Waals surface area contributed by atoms with Crippen LogP contribution >= 0.6 is 0 Å². The molecule has 76 valence electrons. The summed E-state index contributed by atoms with van der Waals surface area (Å²) in [6.07, 6.45) is 0. The largest absolute Gasteiger partial charge is 0.497 e. The Bertz CT molecular complexity index is 338. The van der Waals surface area contributed by atoms with Gasteiger partial charge in [-0.25, -0.2) is 4.79 Å². The van der Waals surface area contributed by atoms with Crippen LogP contribution < -0.4 is 15.2 Å². The molecule has 1 aromatic rings. The maximum atomic E-state index is 10.2. The number of nitrogens with two attached hydrogens (primary N) is 1. The van der Waals surface area contributed by atoms with Gasteiger partial charge in [0.1, 0.15) is 11.5 Å². The van der Waals surface area contributed by atoms with E-state index in [1.165, 1.54) is 7.11 Å². The van der Waals surface area contributed by atoms with Crippen LogP contribution in [-0.2, 0) is 4.79 Å². The molecule has 0 aliphatic heterocycles. The Morgan fingerprint density at radius 2 is 2.29 bits per heavy atom. The number of nitrogen functional groups attached to an aromatic ring is 1. The molecule has 0 fully saturated rings. The minimum Gasteiger partial charge on any atom is -0.497 e. The van der Waals surface area contributed by atoms with E-state index < -0.39 is 12.6 Å². The van der Waals surface area contributed by atoms with Crippen LogP contribution in [0.25, 0.3) is 0 Å². The van der Waals surface area contributed by atoms with E-state index in [2.05, 4.69) is 0 Å². The van der Waals surface area contributed by atoms with Crippen molar-refractivity contribution in [2.75, 3.05) is 19.5 Å². The minimum absolute atomic E-state index is 0.341. The highest BCUT2D eigenvalue weighted by molar-refractivity contribution is 5.69. The van der Waals surface area contributed by atoms with Crippen molar-refractivity contribution in [3.05, 3.63) is 18.2 Å². The Balaban J connectivity index is 2.73. The highest BCUT2D eigenvalue weighted by Gasteiger charge is 2.04. The van der Waals surface area contributed by atoms with Gasteiger partial charge in [0.2, 0.25) is 0 Å². The molecule has 1 rings (SSSR count). The van der Waals surface area contributed by atoms with Crippen molar-refractivity contribution in [1.82, 2.24) is 0 Å². The second-order valence-corrected chi connectivity index (χ2v) is 2.59. The van der Waals surface area contributed by atoms with E-state index in [0.29, 0.717) is 17.2 Å². The summed E-state index contributed by atoms with van der Waals surface area (Å²) in [5, 5.41) is 8.38. The third-order valence-corrected chi connectivity index (χ3v) is 1.57. The highest BCUT2D eigenvalue weighted by atomic mass is 16.5. The molecule has 0 atom stereocenters. The van der Waals surface area contributed by atoms with Gasteiger partial charge in [-0.1, -0.05) is 0 Å². The van der Waals surface area contributed by atoms with Crippen molar-refractivity contribution in [1.29, 1.82) is 0 Å². The molecule has 3 N–H and O–H groups in total. The first-order chi connectivity index (χ1) is 6.63. The van der Waals surface area contributed by atoms with Crippen molar-refractivity contribution in [3.63, 3.8) is 0 Å². The number of hydrogen-bond acceptors (Lipinski definition) is 4. The first-order valence-electron chi connectivity index (χ1n) is 3.91. The predicted molar refractivity (Wildman–Crippen MR) is 50.5 cm³/mol. The molecule has 0 saturated heterocycles. The molecule has 0 aliphatic carbocycles. The SMILES string of the molecule is COc1ccc(OCC(=O)O)c(N)c1. The molecule has 0 aliphatic rings. The van der Waals surface area contributed by atoms with E-state index in [0.717, 1.165) is 0 Å². The molecular weight excluding hydrogens is 186 g/mol. The number of ether oxygens (including phenoxy) is 2. The summed E-state index contributed by atoms with van der Waals surface area (Å²) in [6, 6.07) is 4.78. The van der Waals surface area contributed by atoms with Gasteiger partial charge < -0.3 is 20.3 Å². The van der Waals surface area contributed by atoms with Crippen LogP contribution in [-0.4, -0.2) is 24.8 Å². The molecule has 1 aromatic carbocycles. The van der Waals surface area contributed by atoms with Gasteiger partial charge in [-0.05, 0) is 12.1 Å². The fourth-order valence-corrected chi connectivity index (χ4v) is 0.924. The fourth-order valence-electron chi connectivity index (χ4n) is 0.924. The molecule has 0 heterocycles. The predicted octanol–water partition coefficient (Wildman–Crippen LogP) is 0.741. The maximum absolute atomic E-state index is 10.2. The zero-order valence-electron chi connectivity index (χ0n) is 7.69. The average molecular weight is 197 g/mol. The fraction of sp³-hybridized carbons (Fsp3) is 0.222. The van der Waals surface area contributed by atoms with Gasteiger partial charge in [0.05, 0.1) is 12.8 Å². The first kappa shape index (κ1) is 10.2. The van der Waals surface area contributed by atoms with Gasteiger partial charge in [-0.15, -0.1) is 0 Å². The normalized spacial score (nSPS) is 9.50. The number of hydrogen-bond donors (Lipinski definition) is 2.